The van der Waals surface area contributed by atoms with E-state index in [-0.39, 0.29) is 11.9 Å². The molecule has 5 nitrogen and oxygen atoms in total. The molecule has 0 N–H and O–H groups in total. The maximum atomic E-state index is 13.1. The molecule has 124 valence electrons. The first-order chi connectivity index (χ1) is 11.6. The van der Waals surface area contributed by atoms with Crippen molar-refractivity contribution in [2.45, 2.75) is 38.6 Å². The normalized spacial score (nSPS) is 18.0. The summed E-state index contributed by atoms with van der Waals surface area (Å²) in [5, 5.41) is 9.04. The number of nitriles is 1. The van der Waals surface area contributed by atoms with Crippen LogP contribution in [0.15, 0.2) is 30.6 Å². The number of nitrogens with zero attached hydrogens (tertiary/aromatic N) is 4. The number of amides is 1. The Labute approximate surface area is 142 Å². The fourth-order valence-corrected chi connectivity index (χ4v) is 3.42. The van der Waals surface area contributed by atoms with Crippen LogP contribution in [-0.4, -0.2) is 26.9 Å². The third-order valence-corrected chi connectivity index (χ3v) is 4.79. The molecule has 0 spiro atoms. The van der Waals surface area contributed by atoms with Crippen molar-refractivity contribution >= 4 is 5.91 Å². The molecule has 2 aromatic rings. The van der Waals surface area contributed by atoms with Gasteiger partial charge >= 0.3 is 0 Å². The minimum Gasteiger partial charge on any atom is -0.353 e. The molecule has 0 aromatic carbocycles. The summed E-state index contributed by atoms with van der Waals surface area (Å²) >= 11 is 0. The van der Waals surface area contributed by atoms with Crippen LogP contribution in [-0.2, 0) is 7.05 Å². The summed E-state index contributed by atoms with van der Waals surface area (Å²) in [5.41, 5.74) is 2.89. The predicted molar refractivity (Wildman–Crippen MR) is 91.3 cm³/mol. The zero-order chi connectivity index (χ0) is 17.1. The Morgan fingerprint density at radius 1 is 1.38 bits per heavy atom. The molecule has 0 bridgehead atoms. The number of carbonyl (C=O) groups is 1. The SMILES string of the molecule is Cc1cc(C(=O)N2CCCCCC2c2cccn2C)ncc1C#N. The minimum absolute atomic E-state index is 0.0457. The van der Waals surface area contributed by atoms with E-state index in [1.807, 2.05) is 31.1 Å². The van der Waals surface area contributed by atoms with Gasteiger partial charge in [0.2, 0.25) is 0 Å². The molecular formula is C19H22N4O. The topological polar surface area (TPSA) is 61.9 Å². The van der Waals surface area contributed by atoms with Crippen molar-refractivity contribution in [1.29, 1.82) is 5.26 Å². The molecule has 3 heterocycles. The van der Waals surface area contributed by atoms with E-state index < -0.39 is 0 Å². The molecule has 1 aliphatic heterocycles. The van der Waals surface area contributed by atoms with Crippen LogP contribution in [0.1, 0.15) is 59.0 Å². The molecule has 1 amide bonds. The fraction of sp³-hybridized carbons (Fsp3) is 0.421. The molecule has 1 aliphatic rings. The summed E-state index contributed by atoms with van der Waals surface area (Å²) in [4.78, 5) is 19.3. The average molecular weight is 322 g/mol. The molecule has 1 atom stereocenters. The highest BCUT2D eigenvalue weighted by Crippen LogP contribution is 2.31. The molecule has 0 aliphatic carbocycles. The summed E-state index contributed by atoms with van der Waals surface area (Å²) in [5.74, 6) is -0.0457. The van der Waals surface area contributed by atoms with Crippen LogP contribution in [0.2, 0.25) is 0 Å². The quantitative estimate of drug-likeness (QED) is 0.851. The lowest BCUT2D eigenvalue weighted by molar-refractivity contribution is 0.0668. The van der Waals surface area contributed by atoms with Gasteiger partial charge in [-0.15, -0.1) is 0 Å². The standard InChI is InChI=1S/C19H22N4O/c1-14-11-16(21-13-15(14)12-20)19(24)23-10-5-3-4-7-18(23)17-8-6-9-22(17)2/h6,8-9,11,13,18H,3-5,7,10H2,1-2H3. The highest BCUT2D eigenvalue weighted by Gasteiger charge is 2.29. The van der Waals surface area contributed by atoms with Crippen molar-refractivity contribution in [3.8, 4) is 6.07 Å². The summed E-state index contributed by atoms with van der Waals surface area (Å²) in [7, 11) is 2.02. The van der Waals surface area contributed by atoms with Gasteiger partial charge in [0, 0.05) is 31.7 Å². The van der Waals surface area contributed by atoms with Gasteiger partial charge in [-0.05, 0) is 43.5 Å². The molecule has 5 heteroatoms. The number of aryl methyl sites for hydroxylation is 2. The van der Waals surface area contributed by atoms with E-state index in [1.54, 1.807) is 6.07 Å². The van der Waals surface area contributed by atoms with Gasteiger partial charge in [0.05, 0.1) is 11.6 Å². The molecule has 1 fully saturated rings. The summed E-state index contributed by atoms with van der Waals surface area (Å²) in [6, 6.07) is 8.02. The van der Waals surface area contributed by atoms with Crippen molar-refractivity contribution in [3.63, 3.8) is 0 Å². The second-order valence-electron chi connectivity index (χ2n) is 6.40. The van der Waals surface area contributed by atoms with E-state index in [0.717, 1.165) is 43.5 Å². The summed E-state index contributed by atoms with van der Waals surface area (Å²) < 4.78 is 2.09. The highest BCUT2D eigenvalue weighted by molar-refractivity contribution is 5.93. The van der Waals surface area contributed by atoms with Gasteiger partial charge < -0.3 is 9.47 Å². The van der Waals surface area contributed by atoms with Gasteiger partial charge in [-0.25, -0.2) is 4.98 Å². The highest BCUT2D eigenvalue weighted by atomic mass is 16.2. The van der Waals surface area contributed by atoms with Crippen molar-refractivity contribution in [3.05, 3.63) is 53.1 Å². The molecule has 3 rings (SSSR count). The van der Waals surface area contributed by atoms with Gasteiger partial charge in [0.1, 0.15) is 11.8 Å². The first kappa shape index (κ1) is 16.3. The molecule has 2 aromatic heterocycles. The fourth-order valence-electron chi connectivity index (χ4n) is 3.42. The second-order valence-corrected chi connectivity index (χ2v) is 6.40. The van der Waals surface area contributed by atoms with Crippen LogP contribution in [0.3, 0.4) is 0 Å². The Morgan fingerprint density at radius 2 is 2.21 bits per heavy atom. The first-order valence-electron chi connectivity index (χ1n) is 8.40. The third kappa shape index (κ3) is 3.05. The van der Waals surface area contributed by atoms with Gasteiger partial charge in [-0.1, -0.05) is 12.8 Å². The number of hydrogen-bond donors (Lipinski definition) is 0. The minimum atomic E-state index is -0.0457. The van der Waals surface area contributed by atoms with E-state index in [0.29, 0.717) is 11.3 Å². The maximum absolute atomic E-state index is 13.1. The Hall–Kier alpha value is -2.61. The van der Waals surface area contributed by atoms with E-state index in [2.05, 4.69) is 21.7 Å². The number of aromatic nitrogens is 2. The maximum Gasteiger partial charge on any atom is 0.273 e. The Bertz CT molecular complexity index is 787. The first-order valence-corrected chi connectivity index (χ1v) is 8.40. The lowest BCUT2D eigenvalue weighted by atomic mass is 10.1. The van der Waals surface area contributed by atoms with Crippen molar-refractivity contribution in [1.82, 2.24) is 14.5 Å². The van der Waals surface area contributed by atoms with Crippen LogP contribution in [0.4, 0.5) is 0 Å². The number of rotatable bonds is 2. The predicted octanol–water partition coefficient (Wildman–Crippen LogP) is 3.36. The average Bonchev–Trinajstić information content (AvgIpc) is 2.86. The number of hydrogen-bond acceptors (Lipinski definition) is 3. The Morgan fingerprint density at radius 3 is 2.88 bits per heavy atom. The molecule has 1 saturated heterocycles. The lowest BCUT2D eigenvalue weighted by Gasteiger charge is -2.30. The molecule has 24 heavy (non-hydrogen) atoms. The number of pyridine rings is 1. The Kier molecular flexibility index (Phi) is 4.66. The van der Waals surface area contributed by atoms with Gasteiger partial charge in [-0.2, -0.15) is 5.26 Å². The van der Waals surface area contributed by atoms with Crippen LogP contribution in [0.5, 0.6) is 0 Å². The van der Waals surface area contributed by atoms with E-state index >= 15 is 0 Å². The zero-order valence-electron chi connectivity index (χ0n) is 14.2. The van der Waals surface area contributed by atoms with Crippen molar-refractivity contribution < 1.29 is 4.79 Å². The van der Waals surface area contributed by atoms with Gasteiger partial charge in [0.15, 0.2) is 0 Å². The van der Waals surface area contributed by atoms with Crippen molar-refractivity contribution in [2.75, 3.05) is 6.54 Å². The summed E-state index contributed by atoms with van der Waals surface area (Å²) in [6.07, 6.45) is 7.77. The molecule has 0 saturated carbocycles. The van der Waals surface area contributed by atoms with Crippen LogP contribution in [0, 0.1) is 18.3 Å². The van der Waals surface area contributed by atoms with E-state index in [9.17, 15) is 4.79 Å². The third-order valence-electron chi connectivity index (χ3n) is 4.79. The second kappa shape index (κ2) is 6.88. The van der Waals surface area contributed by atoms with Gasteiger partial charge in [0.25, 0.3) is 5.91 Å². The summed E-state index contributed by atoms with van der Waals surface area (Å²) in [6.45, 7) is 2.59. The zero-order valence-corrected chi connectivity index (χ0v) is 14.2. The van der Waals surface area contributed by atoms with E-state index in [1.165, 1.54) is 6.20 Å². The number of carbonyl (C=O) groups excluding carboxylic acids is 1. The van der Waals surface area contributed by atoms with Crippen LogP contribution < -0.4 is 0 Å². The van der Waals surface area contributed by atoms with Gasteiger partial charge in [-0.3, -0.25) is 4.79 Å². The molecule has 0 radical (unpaired) electrons. The molecular weight excluding hydrogens is 300 g/mol. The largest absolute Gasteiger partial charge is 0.353 e. The van der Waals surface area contributed by atoms with Crippen molar-refractivity contribution in [2.24, 2.45) is 7.05 Å². The monoisotopic (exact) mass is 322 g/mol. The van der Waals surface area contributed by atoms with Crippen LogP contribution in [0.25, 0.3) is 0 Å². The lowest BCUT2D eigenvalue weighted by Crippen LogP contribution is -2.36. The Balaban J connectivity index is 1.94. The number of likely N-dealkylation sites (tertiary alicyclic amines) is 1. The van der Waals surface area contributed by atoms with Crippen LogP contribution >= 0.6 is 0 Å². The van der Waals surface area contributed by atoms with E-state index in [4.69, 9.17) is 5.26 Å². The molecule has 1 unspecified atom stereocenters. The smallest absolute Gasteiger partial charge is 0.273 e.